The van der Waals surface area contributed by atoms with Crippen molar-refractivity contribution in [2.75, 3.05) is 18.5 Å². The number of aliphatic hydroxyl groups excluding tert-OH is 1. The summed E-state index contributed by atoms with van der Waals surface area (Å²) in [5.41, 5.74) is 2.01. The van der Waals surface area contributed by atoms with Gasteiger partial charge in [-0.3, -0.25) is 0 Å². The van der Waals surface area contributed by atoms with Crippen molar-refractivity contribution in [3.8, 4) is 5.75 Å². The molecule has 0 aliphatic rings. The highest BCUT2D eigenvalue weighted by Crippen LogP contribution is 2.25. The second-order valence-corrected chi connectivity index (χ2v) is 4.41. The van der Waals surface area contributed by atoms with Crippen LogP contribution >= 0.6 is 11.3 Å². The zero-order valence-corrected chi connectivity index (χ0v) is 10.3. The van der Waals surface area contributed by atoms with Crippen LogP contribution in [0, 0.1) is 6.92 Å². The lowest BCUT2D eigenvalue weighted by molar-refractivity contribution is 0.200. The van der Waals surface area contributed by atoms with Gasteiger partial charge in [0.25, 0.3) is 0 Å². The van der Waals surface area contributed by atoms with Crippen LogP contribution in [0.25, 0.3) is 0 Å². The molecule has 5 heteroatoms. The molecule has 2 N–H and O–H groups in total. The van der Waals surface area contributed by atoms with Gasteiger partial charge in [-0.05, 0) is 30.7 Å². The minimum absolute atomic E-state index is 0.0263. The molecule has 0 amide bonds. The lowest BCUT2D eigenvalue weighted by Gasteiger charge is -2.10. The van der Waals surface area contributed by atoms with E-state index in [1.165, 1.54) is 0 Å². The number of ether oxygens (including phenoxy) is 1. The largest absolute Gasteiger partial charge is 0.491 e. The number of nitrogens with zero attached hydrogens (tertiary/aromatic N) is 1. The Morgan fingerprint density at radius 1 is 1.47 bits per heavy atom. The Balaban J connectivity index is 2.08. The molecular formula is C12H14N2O2S. The van der Waals surface area contributed by atoms with Gasteiger partial charge in [0.1, 0.15) is 12.4 Å². The summed E-state index contributed by atoms with van der Waals surface area (Å²) in [6.45, 7) is 2.32. The van der Waals surface area contributed by atoms with Gasteiger partial charge in [0.2, 0.25) is 0 Å². The molecule has 0 aliphatic carbocycles. The molecule has 0 saturated heterocycles. The van der Waals surface area contributed by atoms with Crippen LogP contribution in [0.15, 0.2) is 29.8 Å². The van der Waals surface area contributed by atoms with E-state index in [1.54, 1.807) is 17.5 Å². The summed E-state index contributed by atoms with van der Waals surface area (Å²) >= 11 is 1.56. The molecule has 0 unspecified atom stereocenters. The summed E-state index contributed by atoms with van der Waals surface area (Å²) in [5.74, 6) is 0.795. The van der Waals surface area contributed by atoms with Gasteiger partial charge in [-0.15, -0.1) is 11.3 Å². The molecule has 0 aliphatic heterocycles. The monoisotopic (exact) mass is 250 g/mol. The third-order valence-electron chi connectivity index (χ3n) is 2.21. The molecule has 90 valence electrons. The van der Waals surface area contributed by atoms with Crippen molar-refractivity contribution in [2.45, 2.75) is 6.92 Å². The smallest absolute Gasteiger partial charge is 0.187 e. The summed E-state index contributed by atoms with van der Waals surface area (Å²) in [4.78, 5) is 4.16. The highest BCUT2D eigenvalue weighted by molar-refractivity contribution is 7.13. The number of aryl methyl sites for hydroxylation is 1. The normalized spacial score (nSPS) is 10.2. The van der Waals surface area contributed by atoms with Gasteiger partial charge in [0.05, 0.1) is 6.61 Å². The Kier molecular flexibility index (Phi) is 3.95. The SMILES string of the molecule is Cc1cc(Nc2nccs2)ccc1OCCO. The second kappa shape index (κ2) is 5.65. The van der Waals surface area contributed by atoms with Crippen LogP contribution in [-0.2, 0) is 0 Å². The lowest BCUT2D eigenvalue weighted by Crippen LogP contribution is -2.03. The fourth-order valence-electron chi connectivity index (χ4n) is 1.45. The van der Waals surface area contributed by atoms with Gasteiger partial charge in [0, 0.05) is 17.3 Å². The predicted molar refractivity (Wildman–Crippen MR) is 69.2 cm³/mol. The first kappa shape index (κ1) is 11.9. The molecule has 1 aromatic carbocycles. The molecular weight excluding hydrogens is 236 g/mol. The van der Waals surface area contributed by atoms with E-state index < -0.39 is 0 Å². The summed E-state index contributed by atoms with van der Waals surface area (Å²) in [5, 5.41) is 14.7. The third-order valence-corrected chi connectivity index (χ3v) is 2.90. The molecule has 1 heterocycles. The van der Waals surface area contributed by atoms with E-state index in [2.05, 4.69) is 10.3 Å². The first-order valence-electron chi connectivity index (χ1n) is 5.30. The molecule has 17 heavy (non-hydrogen) atoms. The van der Waals surface area contributed by atoms with Crippen molar-refractivity contribution in [3.63, 3.8) is 0 Å². The van der Waals surface area contributed by atoms with Gasteiger partial charge in [0.15, 0.2) is 5.13 Å². The number of benzene rings is 1. The molecule has 2 aromatic rings. The number of hydrogen-bond acceptors (Lipinski definition) is 5. The molecule has 0 radical (unpaired) electrons. The predicted octanol–water partition coefficient (Wildman–Crippen LogP) is 2.57. The summed E-state index contributed by atoms with van der Waals surface area (Å²) in [6, 6.07) is 5.82. The number of anilines is 2. The summed E-state index contributed by atoms with van der Waals surface area (Å²) in [6.07, 6.45) is 1.76. The number of thiazole rings is 1. The average molecular weight is 250 g/mol. The van der Waals surface area contributed by atoms with Crippen molar-refractivity contribution in [1.82, 2.24) is 4.98 Å². The first-order chi connectivity index (χ1) is 8.29. The average Bonchev–Trinajstić information content (AvgIpc) is 2.81. The van der Waals surface area contributed by atoms with Gasteiger partial charge >= 0.3 is 0 Å². The van der Waals surface area contributed by atoms with Crippen LogP contribution in [0.1, 0.15) is 5.56 Å². The zero-order valence-electron chi connectivity index (χ0n) is 9.51. The third kappa shape index (κ3) is 3.18. The fraction of sp³-hybridized carbons (Fsp3) is 0.250. The highest BCUT2D eigenvalue weighted by Gasteiger charge is 2.02. The maximum atomic E-state index is 8.70. The van der Waals surface area contributed by atoms with E-state index in [0.717, 1.165) is 22.1 Å². The zero-order chi connectivity index (χ0) is 12.1. The molecule has 1 aromatic heterocycles. The maximum Gasteiger partial charge on any atom is 0.187 e. The Morgan fingerprint density at radius 3 is 3.00 bits per heavy atom. The molecule has 4 nitrogen and oxygen atoms in total. The van der Waals surface area contributed by atoms with E-state index in [0.29, 0.717) is 6.61 Å². The lowest BCUT2D eigenvalue weighted by atomic mass is 10.2. The van der Waals surface area contributed by atoms with E-state index in [9.17, 15) is 0 Å². The number of hydrogen-bond donors (Lipinski definition) is 2. The molecule has 0 spiro atoms. The number of aromatic nitrogens is 1. The van der Waals surface area contributed by atoms with E-state index >= 15 is 0 Å². The van der Waals surface area contributed by atoms with E-state index in [4.69, 9.17) is 9.84 Å². The van der Waals surface area contributed by atoms with Gasteiger partial charge in [-0.1, -0.05) is 0 Å². The Hall–Kier alpha value is -1.59. The second-order valence-electron chi connectivity index (χ2n) is 3.51. The Bertz CT molecular complexity index is 471. The van der Waals surface area contributed by atoms with Crippen LogP contribution in [0.5, 0.6) is 5.75 Å². The number of rotatable bonds is 5. The minimum Gasteiger partial charge on any atom is -0.491 e. The van der Waals surface area contributed by atoms with Crippen LogP contribution in [0.3, 0.4) is 0 Å². The quantitative estimate of drug-likeness (QED) is 0.856. The maximum absolute atomic E-state index is 8.70. The van der Waals surface area contributed by atoms with Gasteiger partial charge < -0.3 is 15.2 Å². The molecule has 0 saturated carbocycles. The molecule has 0 fully saturated rings. The van der Waals surface area contributed by atoms with Crippen LogP contribution in [0.4, 0.5) is 10.8 Å². The van der Waals surface area contributed by atoms with Crippen LogP contribution in [-0.4, -0.2) is 23.3 Å². The van der Waals surface area contributed by atoms with Crippen molar-refractivity contribution >= 4 is 22.2 Å². The van der Waals surface area contributed by atoms with Gasteiger partial charge in [-0.25, -0.2) is 4.98 Å². The Morgan fingerprint density at radius 2 is 2.35 bits per heavy atom. The van der Waals surface area contributed by atoms with Crippen molar-refractivity contribution < 1.29 is 9.84 Å². The minimum atomic E-state index is 0.0263. The fourth-order valence-corrected chi connectivity index (χ4v) is 2.00. The van der Waals surface area contributed by atoms with Crippen LogP contribution < -0.4 is 10.1 Å². The van der Waals surface area contributed by atoms with E-state index in [1.807, 2.05) is 30.5 Å². The standard InChI is InChI=1S/C12H14N2O2S/c1-9-8-10(14-12-13-4-7-17-12)2-3-11(9)16-6-5-15/h2-4,7-8,15H,5-6H2,1H3,(H,13,14). The highest BCUT2D eigenvalue weighted by atomic mass is 32.1. The Labute approximate surface area is 104 Å². The number of nitrogens with one attached hydrogen (secondary N) is 1. The number of aliphatic hydroxyl groups is 1. The summed E-state index contributed by atoms with van der Waals surface area (Å²) in [7, 11) is 0. The van der Waals surface area contributed by atoms with E-state index in [-0.39, 0.29) is 6.61 Å². The molecule has 0 atom stereocenters. The topological polar surface area (TPSA) is 54.4 Å². The molecule has 2 rings (SSSR count). The first-order valence-corrected chi connectivity index (χ1v) is 6.18. The van der Waals surface area contributed by atoms with Crippen molar-refractivity contribution in [3.05, 3.63) is 35.3 Å². The van der Waals surface area contributed by atoms with Crippen molar-refractivity contribution in [2.24, 2.45) is 0 Å². The molecule has 0 bridgehead atoms. The van der Waals surface area contributed by atoms with Crippen LogP contribution in [0.2, 0.25) is 0 Å². The van der Waals surface area contributed by atoms with Gasteiger partial charge in [-0.2, -0.15) is 0 Å². The van der Waals surface area contributed by atoms with Crippen molar-refractivity contribution in [1.29, 1.82) is 0 Å². The summed E-state index contributed by atoms with van der Waals surface area (Å²) < 4.78 is 5.39.